The quantitative estimate of drug-likeness (QED) is 0.771. The van der Waals surface area contributed by atoms with Gasteiger partial charge in [0.25, 0.3) is 0 Å². The summed E-state index contributed by atoms with van der Waals surface area (Å²) >= 11 is 0. The topological polar surface area (TPSA) is 39.2 Å². The highest BCUT2D eigenvalue weighted by molar-refractivity contribution is 5.77. The second-order valence-corrected chi connectivity index (χ2v) is 3.95. The SMILES string of the molecule is CCOc1cccc(-c2ccc(C=O)c(C)n2)c1. The summed E-state index contributed by atoms with van der Waals surface area (Å²) < 4.78 is 5.46. The number of aldehydes is 1. The molecule has 0 saturated heterocycles. The predicted molar refractivity (Wildman–Crippen MR) is 71.0 cm³/mol. The number of carbonyl (C=O) groups excluding carboxylic acids is 1. The Morgan fingerprint density at radius 1 is 1.28 bits per heavy atom. The van der Waals surface area contributed by atoms with Crippen LogP contribution in [0.1, 0.15) is 23.0 Å². The number of ether oxygens (including phenoxy) is 1. The van der Waals surface area contributed by atoms with Crippen LogP contribution >= 0.6 is 0 Å². The molecule has 2 aromatic rings. The number of rotatable bonds is 4. The molecule has 0 unspecified atom stereocenters. The maximum Gasteiger partial charge on any atom is 0.151 e. The molecule has 0 amide bonds. The number of nitrogens with zero attached hydrogens (tertiary/aromatic N) is 1. The van der Waals surface area contributed by atoms with E-state index in [-0.39, 0.29) is 0 Å². The van der Waals surface area contributed by atoms with E-state index in [0.717, 1.165) is 29.0 Å². The smallest absolute Gasteiger partial charge is 0.151 e. The van der Waals surface area contributed by atoms with Crippen LogP contribution in [0.15, 0.2) is 36.4 Å². The lowest BCUT2D eigenvalue weighted by Crippen LogP contribution is -1.94. The van der Waals surface area contributed by atoms with E-state index in [4.69, 9.17) is 4.74 Å². The lowest BCUT2D eigenvalue weighted by atomic mass is 10.1. The molecule has 0 spiro atoms. The maximum atomic E-state index is 10.8. The molecule has 3 nitrogen and oxygen atoms in total. The number of carbonyl (C=O) groups is 1. The van der Waals surface area contributed by atoms with Crippen molar-refractivity contribution in [1.29, 1.82) is 0 Å². The Kier molecular flexibility index (Phi) is 3.72. The van der Waals surface area contributed by atoms with Crippen molar-refractivity contribution in [2.75, 3.05) is 6.61 Å². The summed E-state index contributed by atoms with van der Waals surface area (Å²) in [5, 5.41) is 0. The van der Waals surface area contributed by atoms with Crippen molar-refractivity contribution in [2.24, 2.45) is 0 Å². The summed E-state index contributed by atoms with van der Waals surface area (Å²) in [7, 11) is 0. The molecule has 1 aromatic heterocycles. The third-order valence-electron chi connectivity index (χ3n) is 2.69. The molecule has 0 aliphatic heterocycles. The first-order valence-corrected chi connectivity index (χ1v) is 5.90. The van der Waals surface area contributed by atoms with Crippen LogP contribution in [0.2, 0.25) is 0 Å². The normalized spacial score (nSPS) is 10.1. The molecule has 0 atom stereocenters. The molecule has 2 rings (SSSR count). The molecular formula is C15H15NO2. The van der Waals surface area contributed by atoms with Crippen molar-refractivity contribution in [1.82, 2.24) is 4.98 Å². The average Bonchev–Trinajstić information content (AvgIpc) is 2.39. The molecule has 18 heavy (non-hydrogen) atoms. The first-order valence-electron chi connectivity index (χ1n) is 5.90. The van der Waals surface area contributed by atoms with Gasteiger partial charge in [-0.05, 0) is 38.1 Å². The molecule has 0 saturated carbocycles. The zero-order valence-corrected chi connectivity index (χ0v) is 10.5. The van der Waals surface area contributed by atoms with Gasteiger partial charge in [0, 0.05) is 16.8 Å². The van der Waals surface area contributed by atoms with Gasteiger partial charge in [0.2, 0.25) is 0 Å². The molecule has 1 aromatic carbocycles. The van der Waals surface area contributed by atoms with Gasteiger partial charge in [-0.2, -0.15) is 0 Å². The molecule has 0 aliphatic rings. The first-order chi connectivity index (χ1) is 8.74. The molecule has 0 fully saturated rings. The van der Waals surface area contributed by atoms with Gasteiger partial charge in [0.05, 0.1) is 12.3 Å². The van der Waals surface area contributed by atoms with Crippen LogP contribution in [0, 0.1) is 6.92 Å². The molecule has 0 aliphatic carbocycles. The molecular weight excluding hydrogens is 226 g/mol. The standard InChI is InChI=1S/C15H15NO2/c1-3-18-14-6-4-5-12(9-14)15-8-7-13(10-17)11(2)16-15/h4-10H,3H2,1-2H3. The van der Waals surface area contributed by atoms with Gasteiger partial charge in [-0.1, -0.05) is 12.1 Å². The Bertz CT molecular complexity index is 564. The number of hydrogen-bond acceptors (Lipinski definition) is 3. The largest absolute Gasteiger partial charge is 0.494 e. The van der Waals surface area contributed by atoms with Crippen LogP contribution in [-0.4, -0.2) is 17.9 Å². The van der Waals surface area contributed by atoms with Crippen LogP contribution in [0.4, 0.5) is 0 Å². The van der Waals surface area contributed by atoms with E-state index in [1.807, 2.05) is 44.2 Å². The zero-order valence-electron chi connectivity index (χ0n) is 10.5. The monoisotopic (exact) mass is 241 g/mol. The Morgan fingerprint density at radius 2 is 2.11 bits per heavy atom. The number of benzene rings is 1. The zero-order chi connectivity index (χ0) is 13.0. The fourth-order valence-corrected chi connectivity index (χ4v) is 1.77. The molecule has 92 valence electrons. The molecule has 3 heteroatoms. The van der Waals surface area contributed by atoms with Gasteiger partial charge >= 0.3 is 0 Å². The minimum absolute atomic E-state index is 0.625. The summed E-state index contributed by atoms with van der Waals surface area (Å²) in [4.78, 5) is 15.2. The second-order valence-electron chi connectivity index (χ2n) is 3.95. The van der Waals surface area contributed by atoms with E-state index in [2.05, 4.69) is 4.98 Å². The van der Waals surface area contributed by atoms with Crippen molar-refractivity contribution in [2.45, 2.75) is 13.8 Å². The number of aromatic nitrogens is 1. The Balaban J connectivity index is 2.39. The lowest BCUT2D eigenvalue weighted by molar-refractivity contribution is 0.112. The van der Waals surface area contributed by atoms with Gasteiger partial charge in [-0.15, -0.1) is 0 Å². The Labute approximate surface area is 106 Å². The van der Waals surface area contributed by atoms with Gasteiger partial charge < -0.3 is 4.74 Å². The number of hydrogen-bond donors (Lipinski definition) is 0. The highest BCUT2D eigenvalue weighted by Crippen LogP contribution is 2.23. The van der Waals surface area contributed by atoms with Crippen molar-refractivity contribution in [3.8, 4) is 17.0 Å². The minimum Gasteiger partial charge on any atom is -0.494 e. The predicted octanol–water partition coefficient (Wildman–Crippen LogP) is 3.27. The second kappa shape index (κ2) is 5.45. The third kappa shape index (κ3) is 2.56. The van der Waals surface area contributed by atoms with Gasteiger partial charge in [0.15, 0.2) is 6.29 Å². The van der Waals surface area contributed by atoms with Crippen LogP contribution in [0.25, 0.3) is 11.3 Å². The summed E-state index contributed by atoms with van der Waals surface area (Å²) in [5.41, 5.74) is 3.20. The van der Waals surface area contributed by atoms with E-state index in [1.165, 1.54) is 0 Å². The number of aryl methyl sites for hydroxylation is 1. The van der Waals surface area contributed by atoms with Crippen molar-refractivity contribution in [3.63, 3.8) is 0 Å². The Hall–Kier alpha value is -2.16. The fraction of sp³-hybridized carbons (Fsp3) is 0.200. The Morgan fingerprint density at radius 3 is 2.78 bits per heavy atom. The molecule has 1 heterocycles. The van der Waals surface area contributed by atoms with E-state index in [0.29, 0.717) is 12.2 Å². The van der Waals surface area contributed by atoms with Crippen molar-refractivity contribution < 1.29 is 9.53 Å². The van der Waals surface area contributed by atoms with Crippen LogP contribution < -0.4 is 4.74 Å². The first kappa shape index (κ1) is 12.3. The van der Waals surface area contributed by atoms with Gasteiger partial charge in [0.1, 0.15) is 5.75 Å². The lowest BCUT2D eigenvalue weighted by Gasteiger charge is -2.07. The minimum atomic E-state index is 0.625. The van der Waals surface area contributed by atoms with E-state index < -0.39 is 0 Å². The maximum absolute atomic E-state index is 10.8. The van der Waals surface area contributed by atoms with Crippen LogP contribution in [-0.2, 0) is 0 Å². The van der Waals surface area contributed by atoms with Crippen molar-refractivity contribution in [3.05, 3.63) is 47.7 Å². The summed E-state index contributed by atoms with van der Waals surface area (Å²) in [6, 6.07) is 11.4. The van der Waals surface area contributed by atoms with Gasteiger partial charge in [-0.3, -0.25) is 9.78 Å². The summed E-state index contributed by atoms with van der Waals surface area (Å²) in [5.74, 6) is 0.828. The van der Waals surface area contributed by atoms with E-state index >= 15 is 0 Å². The summed E-state index contributed by atoms with van der Waals surface area (Å²) in [6.07, 6.45) is 0.822. The molecule has 0 radical (unpaired) electrons. The molecule has 0 bridgehead atoms. The molecule has 0 N–H and O–H groups in total. The summed E-state index contributed by atoms with van der Waals surface area (Å²) in [6.45, 7) is 4.42. The van der Waals surface area contributed by atoms with Crippen molar-refractivity contribution >= 4 is 6.29 Å². The van der Waals surface area contributed by atoms with E-state index in [1.54, 1.807) is 6.07 Å². The fourth-order valence-electron chi connectivity index (χ4n) is 1.77. The highest BCUT2D eigenvalue weighted by Gasteiger charge is 2.04. The van der Waals surface area contributed by atoms with Crippen LogP contribution in [0.3, 0.4) is 0 Å². The average molecular weight is 241 g/mol. The third-order valence-corrected chi connectivity index (χ3v) is 2.69. The van der Waals surface area contributed by atoms with Crippen LogP contribution in [0.5, 0.6) is 5.75 Å². The van der Waals surface area contributed by atoms with Gasteiger partial charge in [-0.25, -0.2) is 0 Å². The van der Waals surface area contributed by atoms with E-state index in [9.17, 15) is 4.79 Å². The number of pyridine rings is 1. The highest BCUT2D eigenvalue weighted by atomic mass is 16.5.